The standard InChI is InChI=1S/C21H22ClNO3/c1-26-20(24)13-19(15-8-4-9-16(22)12-15)23-21(25)18-11-5-7-14-6-2-3-10-17(14)18/h4-5,7-9,11-12,19H,2-3,6,10,13H2,1H3,(H,23,25). The summed E-state index contributed by atoms with van der Waals surface area (Å²) in [5.41, 5.74) is 3.84. The zero-order valence-corrected chi connectivity index (χ0v) is 15.5. The topological polar surface area (TPSA) is 55.4 Å². The molecule has 0 bridgehead atoms. The minimum Gasteiger partial charge on any atom is -0.469 e. The molecule has 0 heterocycles. The van der Waals surface area contributed by atoms with Crippen LogP contribution in [0.2, 0.25) is 5.02 Å². The summed E-state index contributed by atoms with van der Waals surface area (Å²) in [7, 11) is 1.34. The molecule has 0 saturated heterocycles. The molecule has 4 nitrogen and oxygen atoms in total. The molecule has 1 N–H and O–H groups in total. The van der Waals surface area contributed by atoms with Gasteiger partial charge in [-0.25, -0.2) is 0 Å². The number of esters is 1. The molecular formula is C21H22ClNO3. The monoisotopic (exact) mass is 371 g/mol. The van der Waals surface area contributed by atoms with Crippen molar-refractivity contribution in [3.8, 4) is 0 Å². The number of benzene rings is 2. The molecule has 0 saturated carbocycles. The van der Waals surface area contributed by atoms with Crippen molar-refractivity contribution in [1.29, 1.82) is 0 Å². The van der Waals surface area contributed by atoms with Gasteiger partial charge in [0.05, 0.1) is 19.6 Å². The van der Waals surface area contributed by atoms with E-state index in [2.05, 4.69) is 11.4 Å². The lowest BCUT2D eigenvalue weighted by atomic mass is 9.88. The zero-order chi connectivity index (χ0) is 18.5. The van der Waals surface area contributed by atoms with Crippen molar-refractivity contribution in [2.24, 2.45) is 0 Å². The molecule has 1 aliphatic rings. The van der Waals surface area contributed by atoms with Crippen LogP contribution in [-0.2, 0) is 22.4 Å². The van der Waals surface area contributed by atoms with E-state index in [0.29, 0.717) is 10.6 Å². The molecule has 1 unspecified atom stereocenters. The first-order valence-corrected chi connectivity index (χ1v) is 9.20. The van der Waals surface area contributed by atoms with E-state index in [0.717, 1.165) is 36.8 Å². The molecule has 0 radical (unpaired) electrons. The molecule has 3 rings (SSSR count). The van der Waals surface area contributed by atoms with Crippen LogP contribution in [0.15, 0.2) is 42.5 Å². The van der Waals surface area contributed by atoms with E-state index in [1.807, 2.05) is 18.2 Å². The number of hydrogen-bond acceptors (Lipinski definition) is 3. The molecule has 26 heavy (non-hydrogen) atoms. The maximum Gasteiger partial charge on any atom is 0.307 e. The average molecular weight is 372 g/mol. The second-order valence-corrected chi connectivity index (χ2v) is 6.95. The first kappa shape index (κ1) is 18.5. The van der Waals surface area contributed by atoms with Crippen molar-refractivity contribution >= 4 is 23.5 Å². The smallest absolute Gasteiger partial charge is 0.307 e. The highest BCUT2D eigenvalue weighted by Gasteiger charge is 2.23. The summed E-state index contributed by atoms with van der Waals surface area (Å²) in [4.78, 5) is 24.8. The second-order valence-electron chi connectivity index (χ2n) is 6.51. The number of methoxy groups -OCH3 is 1. The van der Waals surface area contributed by atoms with Crippen molar-refractivity contribution in [2.75, 3.05) is 7.11 Å². The molecule has 0 aliphatic heterocycles. The number of nitrogens with one attached hydrogen (secondary N) is 1. The third kappa shape index (κ3) is 4.25. The predicted octanol–water partition coefficient (Wildman–Crippen LogP) is 4.25. The lowest BCUT2D eigenvalue weighted by molar-refractivity contribution is -0.141. The van der Waals surface area contributed by atoms with Gasteiger partial charge in [0, 0.05) is 10.6 Å². The molecule has 2 aromatic carbocycles. The van der Waals surface area contributed by atoms with Crippen LogP contribution < -0.4 is 5.32 Å². The summed E-state index contributed by atoms with van der Waals surface area (Å²) in [6, 6.07) is 12.5. The summed E-state index contributed by atoms with van der Waals surface area (Å²) < 4.78 is 4.79. The van der Waals surface area contributed by atoms with Gasteiger partial charge in [-0.05, 0) is 60.6 Å². The SMILES string of the molecule is COC(=O)CC(NC(=O)c1cccc2c1CCCC2)c1cccc(Cl)c1. The highest BCUT2D eigenvalue weighted by atomic mass is 35.5. The quantitative estimate of drug-likeness (QED) is 0.799. The van der Waals surface area contributed by atoms with Gasteiger partial charge in [0.25, 0.3) is 5.91 Å². The number of carbonyl (C=O) groups is 2. The van der Waals surface area contributed by atoms with Crippen molar-refractivity contribution in [3.05, 3.63) is 69.7 Å². The number of carbonyl (C=O) groups excluding carboxylic acids is 2. The van der Waals surface area contributed by atoms with Gasteiger partial charge in [0.15, 0.2) is 0 Å². The van der Waals surface area contributed by atoms with E-state index in [-0.39, 0.29) is 18.3 Å². The molecule has 1 atom stereocenters. The zero-order valence-electron chi connectivity index (χ0n) is 14.8. The molecule has 0 aromatic heterocycles. The van der Waals surface area contributed by atoms with Crippen molar-refractivity contribution in [1.82, 2.24) is 5.32 Å². The van der Waals surface area contributed by atoms with Crippen LogP contribution >= 0.6 is 11.6 Å². The average Bonchev–Trinajstić information content (AvgIpc) is 2.66. The summed E-state index contributed by atoms with van der Waals surface area (Å²) in [6.07, 6.45) is 4.23. The number of rotatable bonds is 5. The maximum atomic E-state index is 13.0. The van der Waals surface area contributed by atoms with Gasteiger partial charge in [0.1, 0.15) is 0 Å². The first-order chi connectivity index (χ1) is 12.6. The fraction of sp³-hybridized carbons (Fsp3) is 0.333. The Morgan fingerprint density at radius 1 is 1.15 bits per heavy atom. The second kappa shape index (κ2) is 8.37. The number of amides is 1. The Balaban J connectivity index is 1.87. The molecule has 5 heteroatoms. The number of aryl methyl sites for hydroxylation is 1. The highest BCUT2D eigenvalue weighted by molar-refractivity contribution is 6.30. The highest BCUT2D eigenvalue weighted by Crippen LogP contribution is 2.26. The van der Waals surface area contributed by atoms with Crippen molar-refractivity contribution < 1.29 is 14.3 Å². The number of ether oxygens (including phenoxy) is 1. The largest absolute Gasteiger partial charge is 0.469 e. The molecule has 1 aliphatic carbocycles. The minimum absolute atomic E-state index is 0.0532. The lowest BCUT2D eigenvalue weighted by Crippen LogP contribution is -2.31. The normalized spacial score (nSPS) is 14.2. The van der Waals surface area contributed by atoms with Gasteiger partial charge < -0.3 is 10.1 Å². The number of fused-ring (bicyclic) bond motifs is 1. The molecule has 1 amide bonds. The Morgan fingerprint density at radius 2 is 1.92 bits per heavy atom. The van der Waals surface area contributed by atoms with Crippen LogP contribution in [0.1, 0.15) is 52.4 Å². The summed E-state index contributed by atoms with van der Waals surface area (Å²) in [6.45, 7) is 0. The van der Waals surface area contributed by atoms with Gasteiger partial charge >= 0.3 is 5.97 Å². The van der Waals surface area contributed by atoms with Crippen LogP contribution in [0.4, 0.5) is 0 Å². The molecular weight excluding hydrogens is 350 g/mol. The molecule has 0 fully saturated rings. The predicted molar refractivity (Wildman–Crippen MR) is 101 cm³/mol. The van der Waals surface area contributed by atoms with Crippen molar-refractivity contribution in [2.45, 2.75) is 38.1 Å². The van der Waals surface area contributed by atoms with Crippen LogP contribution in [-0.4, -0.2) is 19.0 Å². The molecule has 136 valence electrons. The van der Waals surface area contributed by atoms with Crippen LogP contribution in [0.25, 0.3) is 0 Å². The Labute approximate surface area is 158 Å². The maximum absolute atomic E-state index is 13.0. The van der Waals surface area contributed by atoms with E-state index in [4.69, 9.17) is 16.3 Å². The third-order valence-corrected chi connectivity index (χ3v) is 5.03. The first-order valence-electron chi connectivity index (χ1n) is 8.82. The van der Waals surface area contributed by atoms with Crippen LogP contribution in [0, 0.1) is 0 Å². The van der Waals surface area contributed by atoms with Gasteiger partial charge in [-0.3, -0.25) is 9.59 Å². The van der Waals surface area contributed by atoms with E-state index in [1.54, 1.807) is 18.2 Å². The summed E-state index contributed by atoms with van der Waals surface area (Å²) in [5.74, 6) is -0.553. The molecule has 2 aromatic rings. The number of halogens is 1. The van der Waals surface area contributed by atoms with Crippen LogP contribution in [0.5, 0.6) is 0 Å². The minimum atomic E-state index is -0.493. The van der Waals surface area contributed by atoms with E-state index in [1.165, 1.54) is 12.7 Å². The third-order valence-electron chi connectivity index (χ3n) is 4.80. The Morgan fingerprint density at radius 3 is 2.69 bits per heavy atom. The van der Waals surface area contributed by atoms with Gasteiger partial charge in [-0.2, -0.15) is 0 Å². The molecule has 0 spiro atoms. The summed E-state index contributed by atoms with van der Waals surface area (Å²) >= 11 is 6.08. The fourth-order valence-electron chi connectivity index (χ4n) is 3.46. The van der Waals surface area contributed by atoms with E-state index in [9.17, 15) is 9.59 Å². The van der Waals surface area contributed by atoms with Gasteiger partial charge in [0.2, 0.25) is 0 Å². The van der Waals surface area contributed by atoms with Gasteiger partial charge in [-0.15, -0.1) is 0 Å². The lowest BCUT2D eigenvalue weighted by Gasteiger charge is -2.22. The number of hydrogen-bond donors (Lipinski definition) is 1. The summed E-state index contributed by atoms with van der Waals surface area (Å²) in [5, 5.41) is 3.55. The van der Waals surface area contributed by atoms with Crippen molar-refractivity contribution in [3.63, 3.8) is 0 Å². The Kier molecular flexibility index (Phi) is 5.94. The Hall–Kier alpha value is -2.33. The van der Waals surface area contributed by atoms with Gasteiger partial charge in [-0.1, -0.05) is 35.9 Å². The van der Waals surface area contributed by atoms with E-state index >= 15 is 0 Å². The van der Waals surface area contributed by atoms with E-state index < -0.39 is 6.04 Å². The van der Waals surface area contributed by atoms with Crippen LogP contribution in [0.3, 0.4) is 0 Å². The Bertz CT molecular complexity index is 819. The fourth-order valence-corrected chi connectivity index (χ4v) is 3.65.